The molecule has 0 saturated heterocycles. The van der Waals surface area contributed by atoms with E-state index in [-0.39, 0.29) is 0 Å². The third-order valence-corrected chi connectivity index (χ3v) is 2.75. The van der Waals surface area contributed by atoms with Gasteiger partial charge in [-0.3, -0.25) is 4.98 Å². The lowest BCUT2D eigenvalue weighted by atomic mass is 9.93. The third-order valence-electron chi connectivity index (χ3n) is 2.75. The van der Waals surface area contributed by atoms with Gasteiger partial charge in [-0.15, -0.1) is 0 Å². The van der Waals surface area contributed by atoms with Crippen LogP contribution < -0.4 is 11.1 Å². The summed E-state index contributed by atoms with van der Waals surface area (Å²) in [5.41, 5.74) is 7.83. The summed E-state index contributed by atoms with van der Waals surface area (Å²) >= 11 is 0. The van der Waals surface area contributed by atoms with E-state index in [4.69, 9.17) is 5.73 Å². The molecule has 1 heterocycles. The van der Waals surface area contributed by atoms with Gasteiger partial charge in [-0.25, -0.2) is 0 Å². The molecule has 0 radical (unpaired) electrons. The van der Waals surface area contributed by atoms with Crippen LogP contribution in [0.25, 0.3) is 0 Å². The molecule has 0 aliphatic carbocycles. The van der Waals surface area contributed by atoms with Crippen LogP contribution in [0.5, 0.6) is 0 Å². The number of rotatable bonds is 4. The van der Waals surface area contributed by atoms with Gasteiger partial charge < -0.3 is 11.1 Å². The van der Waals surface area contributed by atoms with Crippen molar-refractivity contribution in [1.29, 1.82) is 0 Å². The zero-order valence-corrected chi connectivity index (χ0v) is 9.12. The number of aromatic nitrogens is 1. The molecule has 2 unspecified atom stereocenters. The Morgan fingerprint density at radius 3 is 2.79 bits per heavy atom. The first-order chi connectivity index (χ1) is 6.70. The fourth-order valence-corrected chi connectivity index (χ4v) is 1.66. The largest absolute Gasteiger partial charge is 0.398 e. The Bertz CT molecular complexity index is 286. The highest BCUT2D eigenvalue weighted by Crippen LogP contribution is 2.27. The molecule has 3 nitrogen and oxygen atoms in total. The van der Waals surface area contributed by atoms with E-state index in [1.54, 1.807) is 6.20 Å². The Balaban J connectivity index is 2.94. The monoisotopic (exact) mass is 193 g/mol. The number of nitrogens with two attached hydrogens (primary N) is 1. The third kappa shape index (κ3) is 2.23. The first kappa shape index (κ1) is 11.0. The van der Waals surface area contributed by atoms with Crippen LogP contribution in [-0.2, 0) is 0 Å². The van der Waals surface area contributed by atoms with E-state index < -0.39 is 0 Å². The summed E-state index contributed by atoms with van der Waals surface area (Å²) in [5, 5.41) is 3.29. The summed E-state index contributed by atoms with van der Waals surface area (Å²) < 4.78 is 0. The second-order valence-electron chi connectivity index (χ2n) is 3.66. The Morgan fingerprint density at radius 1 is 1.57 bits per heavy atom. The standard InChI is InChI=1S/C11H19N3/c1-4-8(2)11(13-3)9-7-14-6-5-10(9)12/h5-8,11,13H,4H2,1-3H3,(H2,12,14). The van der Waals surface area contributed by atoms with Gasteiger partial charge in [0.1, 0.15) is 0 Å². The molecule has 3 heteroatoms. The normalized spacial score (nSPS) is 15.1. The minimum atomic E-state index is 0.300. The maximum atomic E-state index is 5.91. The predicted molar refractivity (Wildman–Crippen MR) is 59.9 cm³/mol. The fraction of sp³-hybridized carbons (Fsp3) is 0.545. The molecule has 78 valence electrons. The summed E-state index contributed by atoms with van der Waals surface area (Å²) in [6, 6.07) is 2.15. The number of hydrogen-bond donors (Lipinski definition) is 2. The highest BCUT2D eigenvalue weighted by atomic mass is 14.9. The van der Waals surface area contributed by atoms with E-state index in [1.807, 2.05) is 19.3 Å². The van der Waals surface area contributed by atoms with Crippen molar-refractivity contribution in [3.8, 4) is 0 Å². The summed E-state index contributed by atoms with van der Waals surface area (Å²) in [6.07, 6.45) is 4.70. The SMILES string of the molecule is CCC(C)C(NC)c1cnccc1N. The Morgan fingerprint density at radius 2 is 2.29 bits per heavy atom. The zero-order valence-electron chi connectivity index (χ0n) is 9.12. The van der Waals surface area contributed by atoms with E-state index in [1.165, 1.54) is 0 Å². The van der Waals surface area contributed by atoms with Crippen LogP contribution in [0.3, 0.4) is 0 Å². The van der Waals surface area contributed by atoms with Gasteiger partial charge in [0.05, 0.1) is 0 Å². The molecule has 1 aromatic heterocycles. The Hall–Kier alpha value is -1.09. The molecule has 1 rings (SSSR count). The van der Waals surface area contributed by atoms with Gasteiger partial charge in [-0.2, -0.15) is 0 Å². The maximum Gasteiger partial charge on any atom is 0.0393 e. The van der Waals surface area contributed by atoms with Crippen molar-refractivity contribution in [2.75, 3.05) is 12.8 Å². The van der Waals surface area contributed by atoms with Crippen molar-refractivity contribution in [1.82, 2.24) is 10.3 Å². The van der Waals surface area contributed by atoms with Crippen LogP contribution in [0.2, 0.25) is 0 Å². The molecule has 0 aliphatic heterocycles. The maximum absolute atomic E-state index is 5.91. The van der Waals surface area contributed by atoms with Crippen LogP contribution in [0, 0.1) is 5.92 Å². The number of pyridine rings is 1. The molecule has 0 aromatic carbocycles. The summed E-state index contributed by atoms with van der Waals surface area (Å²) in [5.74, 6) is 0.562. The van der Waals surface area contributed by atoms with Crippen LogP contribution in [0.1, 0.15) is 31.9 Å². The molecule has 0 spiro atoms. The van der Waals surface area contributed by atoms with Crippen LogP contribution >= 0.6 is 0 Å². The molecule has 0 fully saturated rings. The molecule has 0 bridgehead atoms. The van der Waals surface area contributed by atoms with Gasteiger partial charge >= 0.3 is 0 Å². The minimum Gasteiger partial charge on any atom is -0.398 e. The average Bonchev–Trinajstić information content (AvgIpc) is 2.21. The van der Waals surface area contributed by atoms with E-state index >= 15 is 0 Å². The summed E-state index contributed by atoms with van der Waals surface area (Å²) in [4.78, 5) is 4.11. The molecule has 1 aromatic rings. The van der Waals surface area contributed by atoms with E-state index in [0.717, 1.165) is 17.7 Å². The molecule has 14 heavy (non-hydrogen) atoms. The second-order valence-corrected chi connectivity index (χ2v) is 3.66. The number of anilines is 1. The van der Waals surface area contributed by atoms with Crippen molar-refractivity contribution in [2.45, 2.75) is 26.3 Å². The van der Waals surface area contributed by atoms with Crippen LogP contribution in [0.4, 0.5) is 5.69 Å². The number of nitrogens with zero attached hydrogens (tertiary/aromatic N) is 1. The van der Waals surface area contributed by atoms with Gasteiger partial charge in [-0.05, 0) is 19.0 Å². The Labute approximate surface area is 85.7 Å². The minimum absolute atomic E-state index is 0.300. The lowest BCUT2D eigenvalue weighted by Gasteiger charge is -2.23. The topological polar surface area (TPSA) is 50.9 Å². The average molecular weight is 193 g/mol. The molecular formula is C11H19N3. The number of nitrogens with one attached hydrogen (secondary N) is 1. The summed E-state index contributed by atoms with van der Waals surface area (Å²) in [7, 11) is 1.96. The highest BCUT2D eigenvalue weighted by Gasteiger charge is 2.17. The molecule has 2 atom stereocenters. The van der Waals surface area contributed by atoms with Gasteiger partial charge in [-0.1, -0.05) is 20.3 Å². The van der Waals surface area contributed by atoms with Crippen molar-refractivity contribution in [3.05, 3.63) is 24.0 Å². The fourth-order valence-electron chi connectivity index (χ4n) is 1.66. The van der Waals surface area contributed by atoms with Crippen molar-refractivity contribution in [3.63, 3.8) is 0 Å². The second kappa shape index (κ2) is 4.96. The lowest BCUT2D eigenvalue weighted by molar-refractivity contribution is 0.400. The van der Waals surface area contributed by atoms with E-state index in [2.05, 4.69) is 24.1 Å². The van der Waals surface area contributed by atoms with Gasteiger partial charge in [0.15, 0.2) is 0 Å². The molecule has 3 N–H and O–H groups in total. The number of nitrogen functional groups attached to an aromatic ring is 1. The molecule has 0 saturated carbocycles. The molecule has 0 amide bonds. The van der Waals surface area contributed by atoms with Crippen LogP contribution in [-0.4, -0.2) is 12.0 Å². The van der Waals surface area contributed by atoms with Gasteiger partial charge in [0.2, 0.25) is 0 Å². The Kier molecular flexibility index (Phi) is 3.89. The highest BCUT2D eigenvalue weighted by molar-refractivity contribution is 5.46. The van der Waals surface area contributed by atoms with E-state index in [9.17, 15) is 0 Å². The zero-order chi connectivity index (χ0) is 10.6. The molecule has 0 aliphatic rings. The van der Waals surface area contributed by atoms with Crippen LogP contribution in [0.15, 0.2) is 18.5 Å². The predicted octanol–water partition coefficient (Wildman–Crippen LogP) is 1.97. The van der Waals surface area contributed by atoms with Crippen molar-refractivity contribution >= 4 is 5.69 Å². The smallest absolute Gasteiger partial charge is 0.0393 e. The first-order valence-corrected chi connectivity index (χ1v) is 5.07. The quantitative estimate of drug-likeness (QED) is 0.768. The van der Waals surface area contributed by atoms with Gasteiger partial charge in [0.25, 0.3) is 0 Å². The lowest BCUT2D eigenvalue weighted by Crippen LogP contribution is -2.24. The van der Waals surface area contributed by atoms with Crippen molar-refractivity contribution < 1.29 is 0 Å². The number of hydrogen-bond acceptors (Lipinski definition) is 3. The van der Waals surface area contributed by atoms with Crippen molar-refractivity contribution in [2.24, 2.45) is 5.92 Å². The molecular weight excluding hydrogens is 174 g/mol. The first-order valence-electron chi connectivity index (χ1n) is 5.07. The van der Waals surface area contributed by atoms with E-state index in [0.29, 0.717) is 12.0 Å². The summed E-state index contributed by atoms with van der Waals surface area (Å²) in [6.45, 7) is 4.40. The van der Waals surface area contributed by atoms with Gasteiger partial charge in [0, 0.05) is 29.7 Å².